The number of methoxy groups -OCH3 is 1. The molecule has 1 unspecified atom stereocenters. The van der Waals surface area contributed by atoms with E-state index in [4.69, 9.17) is 4.74 Å². The number of hydrogen-bond acceptors (Lipinski definition) is 4. The molecule has 0 fully saturated rings. The third-order valence-corrected chi connectivity index (χ3v) is 5.52. The van der Waals surface area contributed by atoms with E-state index in [0.717, 1.165) is 11.6 Å². The van der Waals surface area contributed by atoms with Crippen molar-refractivity contribution in [3.8, 4) is 5.75 Å². The summed E-state index contributed by atoms with van der Waals surface area (Å²) in [5.41, 5.74) is 2.16. The number of rotatable bonds is 9. The molecule has 0 spiro atoms. The monoisotopic (exact) mass is 491 g/mol. The van der Waals surface area contributed by atoms with Crippen molar-refractivity contribution in [3.63, 3.8) is 0 Å². The molecule has 0 saturated heterocycles. The van der Waals surface area contributed by atoms with Crippen LogP contribution in [-0.4, -0.2) is 30.9 Å². The molecule has 0 radical (unpaired) electrons. The van der Waals surface area contributed by atoms with E-state index in [1.165, 1.54) is 25.3 Å². The zero-order valence-corrected chi connectivity index (χ0v) is 20.7. The fraction of sp³-hybridized carbons (Fsp3) is 0.250. The summed E-state index contributed by atoms with van der Waals surface area (Å²) in [4.78, 5) is 38.6. The van der Waals surface area contributed by atoms with Gasteiger partial charge >= 0.3 is 0 Å². The van der Waals surface area contributed by atoms with Gasteiger partial charge in [0.05, 0.1) is 12.8 Å². The number of hydrogen-bond donors (Lipinski definition) is 3. The Bertz CT molecular complexity index is 1260. The summed E-state index contributed by atoms with van der Waals surface area (Å²) in [5.74, 6) is -1.26. The molecule has 0 bridgehead atoms. The van der Waals surface area contributed by atoms with Crippen molar-refractivity contribution in [1.82, 2.24) is 5.32 Å². The highest BCUT2D eigenvalue weighted by atomic mass is 19.1. The third kappa shape index (κ3) is 6.91. The Labute approximate surface area is 210 Å². The lowest BCUT2D eigenvalue weighted by atomic mass is 10.0. The number of carbonyl (C=O) groups is 3. The summed E-state index contributed by atoms with van der Waals surface area (Å²) in [6.07, 6.45) is 0.433. The van der Waals surface area contributed by atoms with Crippen molar-refractivity contribution < 1.29 is 23.5 Å². The summed E-state index contributed by atoms with van der Waals surface area (Å²) in [5, 5.41) is 8.34. The van der Waals surface area contributed by atoms with Gasteiger partial charge in [0.15, 0.2) is 0 Å². The van der Waals surface area contributed by atoms with Crippen LogP contribution in [-0.2, 0) is 4.79 Å². The van der Waals surface area contributed by atoms with Crippen molar-refractivity contribution >= 4 is 29.1 Å². The minimum atomic E-state index is -0.774. The third-order valence-electron chi connectivity index (χ3n) is 5.52. The molecule has 3 amide bonds. The van der Waals surface area contributed by atoms with Crippen LogP contribution >= 0.6 is 0 Å². The van der Waals surface area contributed by atoms with Crippen LogP contribution in [0.1, 0.15) is 46.5 Å². The Morgan fingerprint density at radius 2 is 1.67 bits per heavy atom. The molecule has 3 aromatic rings. The van der Waals surface area contributed by atoms with Crippen molar-refractivity contribution in [2.75, 3.05) is 17.7 Å². The first kappa shape index (κ1) is 26.4. The second kappa shape index (κ2) is 12.0. The fourth-order valence-electron chi connectivity index (χ4n) is 3.70. The van der Waals surface area contributed by atoms with Gasteiger partial charge in [-0.25, -0.2) is 4.39 Å². The van der Waals surface area contributed by atoms with E-state index in [9.17, 15) is 18.8 Å². The molecular formula is C28H30FN3O4. The van der Waals surface area contributed by atoms with Crippen molar-refractivity contribution in [2.24, 2.45) is 5.92 Å². The molecule has 0 saturated carbocycles. The first-order valence-corrected chi connectivity index (χ1v) is 11.6. The van der Waals surface area contributed by atoms with E-state index in [0.29, 0.717) is 29.1 Å². The van der Waals surface area contributed by atoms with Gasteiger partial charge in [-0.05, 0) is 67.3 Å². The molecule has 7 nitrogen and oxygen atoms in total. The standard InChI is InChI=1S/C28H30FN3O4/c1-17(2)14-24(32-27(34)22-11-6-5-8-18(22)3)28(35)30-21-12-13-25(36-4)23(16-21)31-26(33)19-9-7-10-20(29)15-19/h5-13,15-17,24H,14H2,1-4H3,(H,30,35)(H,31,33)(H,32,34). The fourth-order valence-corrected chi connectivity index (χ4v) is 3.70. The average Bonchev–Trinajstić information content (AvgIpc) is 2.83. The van der Waals surface area contributed by atoms with E-state index in [2.05, 4.69) is 16.0 Å². The van der Waals surface area contributed by atoms with Gasteiger partial charge in [0.1, 0.15) is 17.6 Å². The van der Waals surface area contributed by atoms with Gasteiger partial charge in [-0.1, -0.05) is 38.1 Å². The predicted molar refractivity (Wildman–Crippen MR) is 138 cm³/mol. The molecule has 0 aliphatic carbocycles. The number of anilines is 2. The zero-order chi connectivity index (χ0) is 26.2. The molecule has 36 heavy (non-hydrogen) atoms. The summed E-state index contributed by atoms with van der Waals surface area (Å²) >= 11 is 0. The minimum absolute atomic E-state index is 0.141. The Balaban J connectivity index is 1.78. The van der Waals surface area contributed by atoms with Gasteiger partial charge in [0.2, 0.25) is 5.91 Å². The normalized spacial score (nSPS) is 11.5. The summed E-state index contributed by atoms with van der Waals surface area (Å²) < 4.78 is 18.8. The van der Waals surface area contributed by atoms with Crippen LogP contribution < -0.4 is 20.7 Å². The van der Waals surface area contributed by atoms with E-state index in [1.54, 1.807) is 30.3 Å². The topological polar surface area (TPSA) is 96.5 Å². The predicted octanol–water partition coefficient (Wildman–Crippen LogP) is 5.18. The molecule has 188 valence electrons. The molecule has 0 aromatic heterocycles. The molecular weight excluding hydrogens is 461 g/mol. The summed E-state index contributed by atoms with van der Waals surface area (Å²) in [6.45, 7) is 5.77. The highest BCUT2D eigenvalue weighted by molar-refractivity contribution is 6.06. The van der Waals surface area contributed by atoms with Crippen LogP contribution in [0.25, 0.3) is 0 Å². The Hall–Kier alpha value is -4.20. The summed E-state index contributed by atoms with van der Waals surface area (Å²) in [6, 6.07) is 16.5. The number of ether oxygens (including phenoxy) is 1. The van der Waals surface area contributed by atoms with Gasteiger partial charge in [-0.2, -0.15) is 0 Å². The molecule has 0 heterocycles. The van der Waals surface area contributed by atoms with Crippen molar-refractivity contribution in [2.45, 2.75) is 33.2 Å². The van der Waals surface area contributed by atoms with Gasteiger partial charge in [0, 0.05) is 16.8 Å². The first-order chi connectivity index (χ1) is 17.2. The SMILES string of the molecule is COc1ccc(NC(=O)C(CC(C)C)NC(=O)c2ccccc2C)cc1NC(=O)c1cccc(F)c1. The van der Waals surface area contributed by atoms with Crippen LogP contribution in [0, 0.1) is 18.7 Å². The summed E-state index contributed by atoms with van der Waals surface area (Å²) in [7, 11) is 1.45. The molecule has 3 aromatic carbocycles. The van der Waals surface area contributed by atoms with Gasteiger partial charge in [-0.3, -0.25) is 14.4 Å². The molecule has 8 heteroatoms. The second-order valence-electron chi connectivity index (χ2n) is 8.84. The Kier molecular flexibility index (Phi) is 8.78. The quantitative estimate of drug-likeness (QED) is 0.384. The lowest BCUT2D eigenvalue weighted by molar-refractivity contribution is -0.118. The van der Waals surface area contributed by atoms with E-state index in [1.807, 2.05) is 32.9 Å². The van der Waals surface area contributed by atoms with Crippen molar-refractivity contribution in [3.05, 3.63) is 89.2 Å². The van der Waals surface area contributed by atoms with E-state index in [-0.39, 0.29) is 17.4 Å². The Morgan fingerprint density at radius 1 is 0.917 bits per heavy atom. The zero-order valence-electron chi connectivity index (χ0n) is 20.7. The van der Waals surface area contributed by atoms with Crippen molar-refractivity contribution in [1.29, 1.82) is 0 Å². The average molecular weight is 492 g/mol. The molecule has 3 rings (SSSR count). The second-order valence-corrected chi connectivity index (χ2v) is 8.84. The maximum absolute atomic E-state index is 13.5. The van der Waals surface area contributed by atoms with Crippen LogP contribution in [0.4, 0.5) is 15.8 Å². The van der Waals surface area contributed by atoms with Crippen LogP contribution in [0.3, 0.4) is 0 Å². The van der Waals surface area contributed by atoms with Gasteiger partial charge in [-0.15, -0.1) is 0 Å². The molecule has 1 atom stereocenters. The minimum Gasteiger partial charge on any atom is -0.495 e. The van der Waals surface area contributed by atoms with Crippen LogP contribution in [0.2, 0.25) is 0 Å². The Morgan fingerprint density at radius 3 is 2.33 bits per heavy atom. The molecule has 0 aliphatic heterocycles. The maximum Gasteiger partial charge on any atom is 0.255 e. The lowest BCUT2D eigenvalue weighted by Gasteiger charge is -2.21. The largest absolute Gasteiger partial charge is 0.495 e. The van der Waals surface area contributed by atoms with Crippen LogP contribution in [0.5, 0.6) is 5.75 Å². The van der Waals surface area contributed by atoms with Crippen LogP contribution in [0.15, 0.2) is 66.7 Å². The smallest absolute Gasteiger partial charge is 0.255 e. The lowest BCUT2D eigenvalue weighted by Crippen LogP contribution is -2.44. The number of benzene rings is 3. The highest BCUT2D eigenvalue weighted by Crippen LogP contribution is 2.28. The molecule has 3 N–H and O–H groups in total. The molecule has 0 aliphatic rings. The maximum atomic E-state index is 13.5. The van der Waals surface area contributed by atoms with Gasteiger partial charge < -0.3 is 20.7 Å². The number of nitrogens with one attached hydrogen (secondary N) is 3. The first-order valence-electron chi connectivity index (χ1n) is 11.6. The highest BCUT2D eigenvalue weighted by Gasteiger charge is 2.24. The number of amides is 3. The van der Waals surface area contributed by atoms with E-state index >= 15 is 0 Å². The number of halogens is 1. The number of carbonyl (C=O) groups excluding carboxylic acids is 3. The van der Waals surface area contributed by atoms with Gasteiger partial charge in [0.25, 0.3) is 11.8 Å². The van der Waals surface area contributed by atoms with E-state index < -0.39 is 23.7 Å². The number of aryl methyl sites for hydroxylation is 1.